The van der Waals surface area contributed by atoms with Crippen LogP contribution in [0.4, 0.5) is 15.8 Å². The minimum absolute atomic E-state index is 0.0981. The average molecular weight is 392 g/mol. The van der Waals surface area contributed by atoms with Gasteiger partial charge in [-0.25, -0.2) is 9.87 Å². The van der Waals surface area contributed by atoms with Crippen LogP contribution >= 0.6 is 11.6 Å². The van der Waals surface area contributed by atoms with E-state index in [-0.39, 0.29) is 22.5 Å². The molecule has 0 heterocycles. The van der Waals surface area contributed by atoms with Crippen molar-refractivity contribution in [2.45, 2.75) is 20.8 Å². The highest BCUT2D eigenvalue weighted by Gasteiger charge is 2.14. The molecule has 0 saturated heterocycles. The van der Waals surface area contributed by atoms with Crippen LogP contribution in [0.3, 0.4) is 0 Å². The minimum Gasteiger partial charge on any atom is -0.352 e. The summed E-state index contributed by atoms with van der Waals surface area (Å²) in [7, 11) is 0. The predicted octanol–water partition coefficient (Wildman–Crippen LogP) is 4.20. The van der Waals surface area contributed by atoms with Gasteiger partial charge in [0.2, 0.25) is 5.24 Å². The van der Waals surface area contributed by atoms with Crippen molar-refractivity contribution in [3.63, 3.8) is 0 Å². The molecule has 0 aromatic heterocycles. The first-order valence-corrected chi connectivity index (χ1v) is 8.46. The number of carbonyl (C=O) groups is 2. The number of carbonyl (C=O) groups excluding carboxylic acids is 2. The van der Waals surface area contributed by atoms with Crippen LogP contribution in [0.15, 0.2) is 36.4 Å². The molecule has 0 fully saturated rings. The third-order valence-electron chi connectivity index (χ3n) is 3.14. The lowest BCUT2D eigenvalue weighted by atomic mass is 10.1. The van der Waals surface area contributed by atoms with Gasteiger partial charge in [-0.1, -0.05) is 19.9 Å². The average Bonchev–Trinajstić information content (AvgIpc) is 2.65. The van der Waals surface area contributed by atoms with E-state index >= 15 is 0 Å². The Morgan fingerprint density at radius 2 is 1.89 bits per heavy atom. The van der Waals surface area contributed by atoms with E-state index in [4.69, 9.17) is 16.9 Å². The van der Waals surface area contributed by atoms with Gasteiger partial charge in [0.15, 0.2) is 0 Å². The lowest BCUT2D eigenvalue weighted by Crippen LogP contribution is -2.26. The number of hydroxylamine groups is 1. The van der Waals surface area contributed by atoms with Gasteiger partial charge in [0.1, 0.15) is 12.4 Å². The molecule has 2 aromatic rings. The molecule has 2 aromatic carbocycles. The smallest absolute Gasteiger partial charge is 0.276 e. The number of amides is 1. The number of nitrogens with one attached hydrogen (secondary N) is 2. The van der Waals surface area contributed by atoms with E-state index < -0.39 is 23.6 Å². The molecule has 0 radical (unpaired) electrons. The number of nitrogens with zero attached hydrogens (tertiary/aromatic N) is 1. The van der Waals surface area contributed by atoms with Crippen LogP contribution in [0.25, 0.3) is 0 Å². The third-order valence-corrected chi connectivity index (χ3v) is 3.25. The molecule has 2 rings (SSSR count). The van der Waals surface area contributed by atoms with E-state index in [1.54, 1.807) is 13.0 Å². The lowest BCUT2D eigenvalue weighted by molar-refractivity contribution is -0.117. The molecule has 0 atom stereocenters. The van der Waals surface area contributed by atoms with E-state index in [2.05, 4.69) is 15.6 Å². The molecule has 0 bridgehead atoms. The normalized spacial score (nSPS) is 9.48. The summed E-state index contributed by atoms with van der Waals surface area (Å²) in [6, 6.07) is 10.7. The van der Waals surface area contributed by atoms with Gasteiger partial charge in [-0.2, -0.15) is 5.26 Å². The number of aryl methyl sites for hydroxylation is 1. The summed E-state index contributed by atoms with van der Waals surface area (Å²) in [5.41, 5.74) is 3.53. The van der Waals surface area contributed by atoms with Crippen molar-refractivity contribution in [2.75, 3.05) is 11.9 Å². The molecule has 8 heteroatoms. The lowest BCUT2D eigenvalue weighted by Gasteiger charge is -2.13. The molecule has 0 aliphatic carbocycles. The molecule has 0 unspecified atom stereocenters. The molecule has 142 valence electrons. The van der Waals surface area contributed by atoms with Gasteiger partial charge in [-0.3, -0.25) is 14.4 Å². The molecule has 0 aliphatic heterocycles. The van der Waals surface area contributed by atoms with Crippen LogP contribution in [0.2, 0.25) is 0 Å². The summed E-state index contributed by atoms with van der Waals surface area (Å²) in [6.07, 6.45) is 0. The van der Waals surface area contributed by atoms with Gasteiger partial charge in [-0.15, -0.1) is 0 Å². The zero-order valence-electron chi connectivity index (χ0n) is 15.1. The van der Waals surface area contributed by atoms with Crippen LogP contribution in [0, 0.1) is 24.1 Å². The summed E-state index contributed by atoms with van der Waals surface area (Å²) >= 11 is 5.11. The van der Waals surface area contributed by atoms with E-state index in [0.717, 1.165) is 5.56 Å². The van der Waals surface area contributed by atoms with Crippen molar-refractivity contribution in [3.8, 4) is 6.07 Å². The van der Waals surface area contributed by atoms with E-state index in [1.807, 2.05) is 19.9 Å². The molecular formula is C19H19ClFN3O3. The fourth-order valence-electron chi connectivity index (χ4n) is 2.00. The molecule has 1 amide bonds. The number of nitriles is 1. The monoisotopic (exact) mass is 391 g/mol. The quantitative estimate of drug-likeness (QED) is 0.568. The number of anilines is 2. The Kier molecular flexibility index (Phi) is 8.93. The van der Waals surface area contributed by atoms with Crippen molar-refractivity contribution in [2.24, 2.45) is 0 Å². The zero-order chi connectivity index (χ0) is 20.4. The Balaban J connectivity index is 0.00000176. The van der Waals surface area contributed by atoms with Crippen molar-refractivity contribution < 1.29 is 18.8 Å². The summed E-state index contributed by atoms with van der Waals surface area (Å²) in [4.78, 5) is 27.5. The molecule has 0 spiro atoms. The number of benzene rings is 2. The molecular weight excluding hydrogens is 373 g/mol. The second kappa shape index (κ2) is 10.9. The predicted molar refractivity (Wildman–Crippen MR) is 101 cm³/mol. The van der Waals surface area contributed by atoms with Crippen LogP contribution < -0.4 is 10.8 Å². The van der Waals surface area contributed by atoms with Gasteiger partial charge < -0.3 is 5.32 Å². The van der Waals surface area contributed by atoms with Crippen molar-refractivity contribution in [3.05, 3.63) is 58.9 Å². The molecule has 0 aliphatic rings. The van der Waals surface area contributed by atoms with Crippen molar-refractivity contribution >= 4 is 34.1 Å². The highest BCUT2D eigenvalue weighted by Crippen LogP contribution is 2.25. The SMILES string of the molecule is CC.Cc1ccc(Nc2cc(C#N)ccc2C(=O)NOCC(=O)Cl)c(F)c1. The maximum atomic E-state index is 14.0. The van der Waals surface area contributed by atoms with E-state index in [0.29, 0.717) is 0 Å². The van der Waals surface area contributed by atoms with Crippen molar-refractivity contribution in [1.29, 1.82) is 5.26 Å². The van der Waals surface area contributed by atoms with E-state index in [9.17, 15) is 14.0 Å². The van der Waals surface area contributed by atoms with Gasteiger partial charge in [0.05, 0.1) is 28.6 Å². The fourth-order valence-corrected chi connectivity index (χ4v) is 2.05. The molecule has 2 N–H and O–H groups in total. The van der Waals surface area contributed by atoms with Gasteiger partial charge in [-0.05, 0) is 54.4 Å². The van der Waals surface area contributed by atoms with Crippen LogP contribution in [0.1, 0.15) is 35.3 Å². The third kappa shape index (κ3) is 6.70. The summed E-state index contributed by atoms with van der Waals surface area (Å²) in [6.45, 7) is 5.25. The standard InChI is InChI=1S/C17H13ClFN3O3.C2H6/c1-10-2-5-14(13(19)6-10)21-15-7-11(8-20)3-4-12(15)17(24)22-25-9-16(18)23;1-2/h2-7,21H,9H2,1H3,(H,22,24);1-2H3. The van der Waals surface area contributed by atoms with Crippen LogP contribution in [-0.4, -0.2) is 17.8 Å². The largest absolute Gasteiger partial charge is 0.352 e. The highest BCUT2D eigenvalue weighted by atomic mass is 35.5. The van der Waals surface area contributed by atoms with Gasteiger partial charge >= 0.3 is 0 Å². The number of hydrogen-bond acceptors (Lipinski definition) is 5. The fraction of sp³-hybridized carbons (Fsp3) is 0.211. The summed E-state index contributed by atoms with van der Waals surface area (Å²) in [5, 5.41) is 11.0. The van der Waals surface area contributed by atoms with E-state index in [1.165, 1.54) is 30.3 Å². The Labute approximate surface area is 161 Å². The second-order valence-electron chi connectivity index (χ2n) is 5.06. The number of halogens is 2. The molecule has 27 heavy (non-hydrogen) atoms. The summed E-state index contributed by atoms with van der Waals surface area (Å²) in [5.74, 6) is -1.19. The number of rotatable bonds is 6. The minimum atomic E-state index is -0.778. The molecule has 0 saturated carbocycles. The molecule has 6 nitrogen and oxygen atoms in total. The Hall–Kier alpha value is -2.95. The van der Waals surface area contributed by atoms with Crippen LogP contribution in [0.5, 0.6) is 0 Å². The number of hydrogen-bond donors (Lipinski definition) is 2. The Morgan fingerprint density at radius 3 is 2.48 bits per heavy atom. The topological polar surface area (TPSA) is 91.2 Å². The van der Waals surface area contributed by atoms with Gasteiger partial charge in [0, 0.05) is 0 Å². The maximum Gasteiger partial charge on any atom is 0.276 e. The Bertz CT molecular complexity index is 866. The Morgan fingerprint density at radius 1 is 1.19 bits per heavy atom. The zero-order valence-corrected chi connectivity index (χ0v) is 15.9. The highest BCUT2D eigenvalue weighted by molar-refractivity contribution is 6.63. The summed E-state index contributed by atoms with van der Waals surface area (Å²) < 4.78 is 14.0. The maximum absolute atomic E-state index is 14.0. The van der Waals surface area contributed by atoms with Crippen molar-refractivity contribution in [1.82, 2.24) is 5.48 Å². The first-order chi connectivity index (χ1) is 12.9. The second-order valence-corrected chi connectivity index (χ2v) is 5.48. The first-order valence-electron chi connectivity index (χ1n) is 8.08. The van der Waals surface area contributed by atoms with Crippen LogP contribution in [-0.2, 0) is 9.63 Å². The first kappa shape index (κ1) is 22.1. The van der Waals surface area contributed by atoms with Gasteiger partial charge in [0.25, 0.3) is 5.91 Å².